The van der Waals surface area contributed by atoms with Crippen LogP contribution in [0.2, 0.25) is 0 Å². The molecule has 0 spiro atoms. The number of hydrogen-bond acceptors (Lipinski definition) is 3. The second kappa shape index (κ2) is 7.02. The highest BCUT2D eigenvalue weighted by Crippen LogP contribution is 2.33. The zero-order valence-corrected chi connectivity index (χ0v) is 15.0. The zero-order valence-electron chi connectivity index (χ0n) is 14.2. The molecule has 5 nitrogen and oxygen atoms in total. The number of hydrogen-bond donors (Lipinski definition) is 1. The summed E-state index contributed by atoms with van der Waals surface area (Å²) in [5.41, 5.74) is 4.19. The summed E-state index contributed by atoms with van der Waals surface area (Å²) in [7, 11) is 0. The summed E-state index contributed by atoms with van der Waals surface area (Å²) < 4.78 is 3.88. The largest absolute Gasteiger partial charge is 0.389 e. The third-order valence-corrected chi connectivity index (χ3v) is 4.79. The summed E-state index contributed by atoms with van der Waals surface area (Å²) in [6.45, 7) is 2.95. The first-order valence-electron chi connectivity index (χ1n) is 8.42. The van der Waals surface area contributed by atoms with Crippen molar-refractivity contribution >= 4 is 29.1 Å². The van der Waals surface area contributed by atoms with E-state index < -0.39 is 6.10 Å². The maximum absolute atomic E-state index is 12.5. The third-order valence-electron chi connectivity index (χ3n) is 4.79. The number of carbonyl (C=O) groups is 1. The standard InChI is InChI=1S/C19H21N3O2.ClH/c1-13-5-6-17-16(9-13)15-3-2-4-18(24)19(15)22(17)11-14(23)10-21-8-7-20-12-21;/h5-9,12,14,23H,2-4,10-11H2,1H3;1H. The lowest BCUT2D eigenvalue weighted by Crippen LogP contribution is -2.24. The third kappa shape index (κ3) is 3.22. The van der Waals surface area contributed by atoms with E-state index in [4.69, 9.17) is 0 Å². The number of nitrogens with zero attached hydrogens (tertiary/aromatic N) is 3. The van der Waals surface area contributed by atoms with Crippen molar-refractivity contribution in [2.24, 2.45) is 0 Å². The molecule has 1 unspecified atom stereocenters. The van der Waals surface area contributed by atoms with Crippen LogP contribution in [0.25, 0.3) is 10.9 Å². The van der Waals surface area contributed by atoms with E-state index in [9.17, 15) is 9.90 Å². The van der Waals surface area contributed by atoms with Crippen LogP contribution in [-0.2, 0) is 19.5 Å². The number of aliphatic hydroxyl groups excluding tert-OH is 1. The van der Waals surface area contributed by atoms with Crippen LogP contribution in [0.15, 0.2) is 36.9 Å². The lowest BCUT2D eigenvalue weighted by atomic mass is 9.94. The second-order valence-electron chi connectivity index (χ2n) is 6.65. The molecule has 1 atom stereocenters. The summed E-state index contributed by atoms with van der Waals surface area (Å²) in [5, 5.41) is 11.7. The maximum atomic E-state index is 12.5. The van der Waals surface area contributed by atoms with Crippen LogP contribution >= 0.6 is 12.4 Å². The molecule has 0 amide bonds. The first-order chi connectivity index (χ1) is 11.6. The van der Waals surface area contributed by atoms with Gasteiger partial charge in [-0.15, -0.1) is 12.4 Å². The van der Waals surface area contributed by atoms with Gasteiger partial charge in [0.1, 0.15) is 0 Å². The highest BCUT2D eigenvalue weighted by atomic mass is 35.5. The second-order valence-corrected chi connectivity index (χ2v) is 6.65. The topological polar surface area (TPSA) is 60.1 Å². The number of fused-ring (bicyclic) bond motifs is 3. The number of Topliss-reactive ketones (excluding diaryl/α,β-unsaturated/α-hetero) is 1. The quantitative estimate of drug-likeness (QED) is 0.778. The van der Waals surface area contributed by atoms with Crippen molar-refractivity contribution < 1.29 is 9.90 Å². The minimum atomic E-state index is -0.574. The summed E-state index contributed by atoms with van der Waals surface area (Å²) in [5.74, 6) is 0.194. The fourth-order valence-electron chi connectivity index (χ4n) is 3.75. The first-order valence-corrected chi connectivity index (χ1v) is 8.42. The van der Waals surface area contributed by atoms with E-state index in [1.165, 1.54) is 5.56 Å². The molecule has 4 rings (SSSR count). The summed E-state index contributed by atoms with van der Waals surface area (Å²) in [4.78, 5) is 16.5. The molecule has 6 heteroatoms. The van der Waals surface area contributed by atoms with Crippen molar-refractivity contribution in [3.8, 4) is 0 Å². The number of aromatic nitrogens is 3. The van der Waals surface area contributed by atoms with Crippen LogP contribution in [0.1, 0.15) is 34.5 Å². The Hall–Kier alpha value is -2.11. The van der Waals surface area contributed by atoms with E-state index in [1.54, 1.807) is 12.5 Å². The predicted octanol–water partition coefficient (Wildman–Crippen LogP) is 3.15. The van der Waals surface area contributed by atoms with Crippen LogP contribution < -0.4 is 0 Å². The Bertz CT molecular complexity index is 899. The van der Waals surface area contributed by atoms with Crippen molar-refractivity contribution in [3.63, 3.8) is 0 Å². The van der Waals surface area contributed by atoms with Gasteiger partial charge in [0, 0.05) is 29.7 Å². The number of aliphatic hydroxyl groups is 1. The summed E-state index contributed by atoms with van der Waals surface area (Å²) >= 11 is 0. The number of halogens is 1. The van der Waals surface area contributed by atoms with Gasteiger partial charge in [0.15, 0.2) is 5.78 Å². The molecule has 132 valence electrons. The van der Waals surface area contributed by atoms with Crippen LogP contribution in [0.5, 0.6) is 0 Å². The number of carbonyl (C=O) groups excluding carboxylic acids is 1. The van der Waals surface area contributed by atoms with E-state index in [1.807, 2.05) is 15.3 Å². The van der Waals surface area contributed by atoms with Crippen molar-refractivity contribution in [1.29, 1.82) is 0 Å². The molecule has 25 heavy (non-hydrogen) atoms. The minimum absolute atomic E-state index is 0. The number of rotatable bonds is 4. The zero-order chi connectivity index (χ0) is 16.7. The van der Waals surface area contributed by atoms with Gasteiger partial charge in [-0.25, -0.2) is 4.98 Å². The molecule has 0 bridgehead atoms. The predicted molar refractivity (Wildman–Crippen MR) is 99.4 cm³/mol. The Morgan fingerprint density at radius 3 is 2.88 bits per heavy atom. The van der Waals surface area contributed by atoms with Gasteiger partial charge in [-0.2, -0.15) is 0 Å². The van der Waals surface area contributed by atoms with Gasteiger partial charge in [0.25, 0.3) is 0 Å². The molecular formula is C19H22ClN3O2. The Morgan fingerprint density at radius 1 is 1.28 bits per heavy atom. The molecule has 0 saturated carbocycles. The van der Waals surface area contributed by atoms with Gasteiger partial charge in [-0.3, -0.25) is 4.79 Å². The van der Waals surface area contributed by atoms with Crippen molar-refractivity contribution in [1.82, 2.24) is 14.1 Å². The molecule has 2 aromatic heterocycles. The monoisotopic (exact) mass is 359 g/mol. The molecule has 0 saturated heterocycles. The number of imidazole rings is 1. The first kappa shape index (κ1) is 17.7. The van der Waals surface area contributed by atoms with Crippen LogP contribution in [0.4, 0.5) is 0 Å². The number of ketones is 1. The SMILES string of the molecule is Cc1ccc2c(c1)c1c(n2CC(O)Cn2ccnc2)C(=O)CCC1.Cl. The van der Waals surface area contributed by atoms with E-state index in [0.29, 0.717) is 19.5 Å². The average Bonchev–Trinajstić information content (AvgIpc) is 3.15. The molecule has 1 aromatic carbocycles. The van der Waals surface area contributed by atoms with Gasteiger partial charge >= 0.3 is 0 Å². The highest BCUT2D eigenvalue weighted by molar-refractivity contribution is 6.04. The highest BCUT2D eigenvalue weighted by Gasteiger charge is 2.26. The lowest BCUT2D eigenvalue weighted by molar-refractivity contribution is 0.0953. The van der Waals surface area contributed by atoms with Crippen molar-refractivity contribution in [3.05, 3.63) is 53.7 Å². The van der Waals surface area contributed by atoms with E-state index in [2.05, 4.69) is 30.1 Å². The van der Waals surface area contributed by atoms with Gasteiger partial charge in [-0.05, 0) is 37.5 Å². The lowest BCUT2D eigenvalue weighted by Gasteiger charge is -2.18. The Balaban J connectivity index is 0.00000182. The summed E-state index contributed by atoms with van der Waals surface area (Å²) in [6.07, 6.45) is 7.10. The van der Waals surface area contributed by atoms with Gasteiger partial charge in [-0.1, -0.05) is 11.6 Å². The smallest absolute Gasteiger partial charge is 0.179 e. The van der Waals surface area contributed by atoms with Crippen LogP contribution in [0.3, 0.4) is 0 Å². The molecule has 1 aliphatic rings. The molecule has 3 aromatic rings. The Morgan fingerprint density at radius 2 is 2.12 bits per heavy atom. The Kier molecular flexibility index (Phi) is 4.97. The normalized spacial score (nSPS) is 15.0. The fraction of sp³-hybridized carbons (Fsp3) is 0.368. The van der Waals surface area contributed by atoms with Gasteiger partial charge in [0.2, 0.25) is 0 Å². The maximum Gasteiger partial charge on any atom is 0.179 e. The molecule has 1 N–H and O–H groups in total. The summed E-state index contributed by atoms with van der Waals surface area (Å²) in [6, 6.07) is 6.29. The van der Waals surface area contributed by atoms with Crippen molar-refractivity contribution in [2.45, 2.75) is 45.4 Å². The fourth-order valence-corrected chi connectivity index (χ4v) is 3.75. The molecule has 0 fully saturated rings. The van der Waals surface area contributed by atoms with Crippen LogP contribution in [0, 0.1) is 6.92 Å². The molecule has 2 heterocycles. The Labute approximate surface area is 152 Å². The number of aryl methyl sites for hydroxylation is 2. The van der Waals surface area contributed by atoms with E-state index in [-0.39, 0.29) is 18.2 Å². The van der Waals surface area contributed by atoms with E-state index >= 15 is 0 Å². The van der Waals surface area contributed by atoms with Crippen molar-refractivity contribution in [2.75, 3.05) is 0 Å². The van der Waals surface area contributed by atoms with Gasteiger partial charge < -0.3 is 14.2 Å². The molecular weight excluding hydrogens is 338 g/mol. The van der Waals surface area contributed by atoms with Gasteiger partial charge in [0.05, 0.1) is 31.2 Å². The molecule has 0 radical (unpaired) electrons. The van der Waals surface area contributed by atoms with E-state index in [0.717, 1.165) is 35.0 Å². The average molecular weight is 360 g/mol. The van der Waals surface area contributed by atoms with Crippen LogP contribution in [-0.4, -0.2) is 31.1 Å². The number of benzene rings is 1. The molecule has 0 aliphatic heterocycles. The minimum Gasteiger partial charge on any atom is -0.389 e. The molecule has 1 aliphatic carbocycles.